The van der Waals surface area contributed by atoms with E-state index >= 15 is 0 Å². The molecule has 0 radical (unpaired) electrons. The molecule has 30 heavy (non-hydrogen) atoms. The summed E-state index contributed by atoms with van der Waals surface area (Å²) in [6.07, 6.45) is 7.71. The lowest BCUT2D eigenvalue weighted by Crippen LogP contribution is -2.48. The van der Waals surface area contributed by atoms with Crippen LogP contribution in [0.25, 0.3) is 23.3 Å². The van der Waals surface area contributed by atoms with Crippen LogP contribution in [0.1, 0.15) is 62.4 Å². The normalized spacial score (nSPS) is 20.4. The van der Waals surface area contributed by atoms with E-state index in [-0.39, 0.29) is 10.8 Å². The van der Waals surface area contributed by atoms with E-state index in [1.807, 2.05) is 6.92 Å². The standard InChI is InChI=1S/C27H30N2O/c1-15-6-9-21-20(12-15)25(18-7-8-18)19(14-28-21)13-23-16(2)26(30)24-17(3)27(4,5)11-10-22(24)29-23/h6,9-10,12-13,28-29H,7-8,11,14H2,1-5H3/b19-13+. The van der Waals surface area contributed by atoms with E-state index in [1.54, 1.807) is 0 Å². The summed E-state index contributed by atoms with van der Waals surface area (Å²) in [5.41, 5.74) is 11.1. The van der Waals surface area contributed by atoms with Crippen LogP contribution in [0.4, 0.5) is 5.69 Å². The van der Waals surface area contributed by atoms with Crippen LogP contribution < -0.4 is 21.3 Å². The highest BCUT2D eigenvalue weighted by atomic mass is 16.1. The molecule has 0 atom stereocenters. The molecule has 0 amide bonds. The first-order valence-electron chi connectivity index (χ1n) is 11.0. The molecule has 3 heteroatoms. The molecule has 1 saturated carbocycles. The number of aromatic nitrogens is 1. The van der Waals surface area contributed by atoms with Gasteiger partial charge in [0.15, 0.2) is 5.43 Å². The highest BCUT2D eigenvalue weighted by molar-refractivity contribution is 5.95. The van der Waals surface area contributed by atoms with E-state index in [4.69, 9.17) is 0 Å². The van der Waals surface area contributed by atoms with Crippen molar-refractivity contribution in [2.24, 2.45) is 5.41 Å². The first-order chi connectivity index (χ1) is 14.3. The minimum absolute atomic E-state index is 0.0326. The van der Waals surface area contributed by atoms with E-state index in [0.717, 1.165) is 34.8 Å². The zero-order valence-corrected chi connectivity index (χ0v) is 18.6. The number of H-pyrrole nitrogens is 1. The van der Waals surface area contributed by atoms with Crippen LogP contribution in [0.2, 0.25) is 0 Å². The van der Waals surface area contributed by atoms with Crippen molar-refractivity contribution >= 4 is 29.0 Å². The third kappa shape index (κ3) is 2.99. The molecule has 3 nitrogen and oxygen atoms in total. The van der Waals surface area contributed by atoms with Gasteiger partial charge in [0.2, 0.25) is 0 Å². The number of hydrogen-bond acceptors (Lipinski definition) is 2. The topological polar surface area (TPSA) is 44.9 Å². The van der Waals surface area contributed by atoms with Gasteiger partial charge in [0.1, 0.15) is 0 Å². The average molecular weight is 399 g/mol. The Morgan fingerprint density at radius 1 is 1.10 bits per heavy atom. The first kappa shape index (κ1) is 19.2. The van der Waals surface area contributed by atoms with Crippen molar-refractivity contribution in [1.82, 2.24) is 4.98 Å². The monoisotopic (exact) mass is 398 g/mol. The number of benzene rings is 1. The van der Waals surface area contributed by atoms with Gasteiger partial charge in [-0.2, -0.15) is 0 Å². The number of allylic oxidation sites excluding steroid dienone is 1. The molecular formula is C27H30N2O. The molecule has 5 rings (SSSR count). The lowest BCUT2D eigenvalue weighted by Gasteiger charge is -2.27. The minimum Gasteiger partial charge on any atom is -0.380 e. The fourth-order valence-corrected chi connectivity index (χ4v) is 4.75. The molecule has 0 bridgehead atoms. The lowest BCUT2D eigenvalue weighted by atomic mass is 9.78. The summed E-state index contributed by atoms with van der Waals surface area (Å²) in [5.74, 6) is 0. The molecule has 3 aliphatic rings. The zero-order valence-electron chi connectivity index (χ0n) is 18.6. The van der Waals surface area contributed by atoms with E-state index in [1.165, 1.54) is 51.9 Å². The summed E-state index contributed by atoms with van der Waals surface area (Å²) in [6, 6.07) is 6.63. The number of rotatable bonds is 1. The van der Waals surface area contributed by atoms with Crippen molar-refractivity contribution in [3.8, 4) is 0 Å². The van der Waals surface area contributed by atoms with Gasteiger partial charge in [-0.3, -0.25) is 4.79 Å². The molecule has 0 spiro atoms. The second kappa shape index (κ2) is 6.60. The van der Waals surface area contributed by atoms with Gasteiger partial charge < -0.3 is 10.3 Å². The highest BCUT2D eigenvalue weighted by Crippen LogP contribution is 2.45. The molecule has 154 valence electrons. The number of hydrogen-bond donors (Lipinski definition) is 2. The maximum atomic E-state index is 13.3. The Kier molecular flexibility index (Phi) is 4.22. The molecule has 2 aromatic rings. The SMILES string of the molecule is CC1=c2c([nH]c(/C=C3\CNc4ccc(C)cc4C3=C3CC3)c(C)c2=O)=CCC1(C)C. The van der Waals surface area contributed by atoms with E-state index < -0.39 is 0 Å². The zero-order chi connectivity index (χ0) is 21.2. The molecule has 1 aliphatic heterocycles. The maximum absolute atomic E-state index is 13.3. The van der Waals surface area contributed by atoms with Crippen LogP contribution in [-0.4, -0.2) is 11.5 Å². The number of anilines is 1. The van der Waals surface area contributed by atoms with E-state index in [0.29, 0.717) is 0 Å². The van der Waals surface area contributed by atoms with Gasteiger partial charge >= 0.3 is 0 Å². The minimum atomic E-state index is 0.0326. The molecule has 0 unspecified atom stereocenters. The predicted molar refractivity (Wildman–Crippen MR) is 127 cm³/mol. The molecule has 1 fully saturated rings. The second-order valence-electron chi connectivity index (χ2n) is 9.75. The van der Waals surface area contributed by atoms with Crippen molar-refractivity contribution < 1.29 is 0 Å². The molecule has 1 aromatic carbocycles. The quantitative estimate of drug-likeness (QED) is 0.746. The average Bonchev–Trinajstić information content (AvgIpc) is 3.53. The Bertz CT molecular complexity index is 1330. The number of pyridine rings is 1. The van der Waals surface area contributed by atoms with Crippen LogP contribution in [-0.2, 0) is 0 Å². The Morgan fingerprint density at radius 3 is 2.60 bits per heavy atom. The second-order valence-corrected chi connectivity index (χ2v) is 9.75. The number of fused-ring (bicyclic) bond motifs is 2. The Morgan fingerprint density at radius 2 is 1.87 bits per heavy atom. The van der Waals surface area contributed by atoms with Crippen LogP contribution in [0.15, 0.2) is 34.1 Å². The Hall–Kier alpha value is -2.81. The number of aromatic amines is 1. The van der Waals surface area contributed by atoms with Gasteiger partial charge in [0, 0.05) is 39.6 Å². The lowest BCUT2D eigenvalue weighted by molar-refractivity contribution is 0.509. The Balaban J connectivity index is 1.71. The number of aryl methyl sites for hydroxylation is 1. The van der Waals surface area contributed by atoms with Gasteiger partial charge in [0.25, 0.3) is 0 Å². The van der Waals surface area contributed by atoms with E-state index in [2.05, 4.69) is 68.3 Å². The van der Waals surface area contributed by atoms with Crippen LogP contribution in [0.5, 0.6) is 0 Å². The third-order valence-electron chi connectivity index (χ3n) is 7.12. The van der Waals surface area contributed by atoms with E-state index in [9.17, 15) is 4.79 Å². The molecule has 2 N–H and O–H groups in total. The fraction of sp³-hybridized carbons (Fsp3) is 0.370. The summed E-state index contributed by atoms with van der Waals surface area (Å²) < 4.78 is 0. The van der Waals surface area contributed by atoms with Crippen molar-refractivity contribution in [2.45, 2.75) is 53.9 Å². The number of nitrogens with one attached hydrogen (secondary N) is 2. The maximum Gasteiger partial charge on any atom is 0.192 e. The summed E-state index contributed by atoms with van der Waals surface area (Å²) >= 11 is 0. The molecule has 2 heterocycles. The van der Waals surface area contributed by atoms with Gasteiger partial charge in [-0.1, -0.05) is 42.7 Å². The summed E-state index contributed by atoms with van der Waals surface area (Å²) in [6.45, 7) is 11.4. The molecular weight excluding hydrogens is 368 g/mol. The van der Waals surface area contributed by atoms with Crippen LogP contribution in [0, 0.1) is 19.3 Å². The molecule has 2 aliphatic carbocycles. The third-order valence-corrected chi connectivity index (χ3v) is 7.12. The summed E-state index contributed by atoms with van der Waals surface area (Å²) in [4.78, 5) is 16.9. The molecule has 0 saturated heterocycles. The fourth-order valence-electron chi connectivity index (χ4n) is 4.75. The van der Waals surface area contributed by atoms with Gasteiger partial charge in [-0.05, 0) is 74.8 Å². The van der Waals surface area contributed by atoms with Crippen molar-refractivity contribution in [3.05, 3.63) is 72.5 Å². The largest absolute Gasteiger partial charge is 0.380 e. The van der Waals surface area contributed by atoms with Crippen LogP contribution in [0.3, 0.4) is 0 Å². The van der Waals surface area contributed by atoms with Gasteiger partial charge in [-0.15, -0.1) is 0 Å². The summed E-state index contributed by atoms with van der Waals surface area (Å²) in [7, 11) is 0. The van der Waals surface area contributed by atoms with Gasteiger partial charge in [-0.25, -0.2) is 0 Å². The smallest absolute Gasteiger partial charge is 0.192 e. The highest BCUT2D eigenvalue weighted by Gasteiger charge is 2.27. The van der Waals surface area contributed by atoms with Gasteiger partial charge in [0.05, 0.1) is 0 Å². The van der Waals surface area contributed by atoms with Crippen molar-refractivity contribution in [2.75, 3.05) is 11.9 Å². The van der Waals surface area contributed by atoms with Crippen molar-refractivity contribution in [3.63, 3.8) is 0 Å². The van der Waals surface area contributed by atoms with Crippen molar-refractivity contribution in [1.29, 1.82) is 0 Å². The first-order valence-corrected chi connectivity index (χ1v) is 11.0. The predicted octanol–water partition coefficient (Wildman–Crippen LogP) is 4.43. The van der Waals surface area contributed by atoms with Crippen LogP contribution >= 0.6 is 0 Å². The summed E-state index contributed by atoms with van der Waals surface area (Å²) in [5, 5.41) is 5.43. The molecule has 1 aromatic heterocycles. The Labute approximate surface area is 177 Å².